The fraction of sp³-hybridized carbons (Fsp3) is 0.300. The average molecular weight is 574 g/mol. The van der Waals surface area contributed by atoms with Crippen LogP contribution in [-0.4, -0.2) is 50.1 Å². The van der Waals surface area contributed by atoms with E-state index in [0.29, 0.717) is 29.0 Å². The molecule has 41 heavy (non-hydrogen) atoms. The van der Waals surface area contributed by atoms with E-state index in [1.807, 2.05) is 6.92 Å². The number of Topliss-reactive ketones (excluding diaryl/α,β-unsaturated/α-hetero) is 2. The lowest BCUT2D eigenvalue weighted by molar-refractivity contribution is -0.116. The molecule has 0 fully saturated rings. The number of carbonyl (C=O) groups is 3. The van der Waals surface area contributed by atoms with E-state index in [9.17, 15) is 24.6 Å². The predicted molar refractivity (Wildman–Crippen MR) is 162 cm³/mol. The molecule has 1 amide bonds. The predicted octanol–water partition coefficient (Wildman–Crippen LogP) is 4.78. The molecule has 3 rings (SSSR count). The summed E-state index contributed by atoms with van der Waals surface area (Å²) in [5.74, 6) is -0.525. The molecule has 1 unspecified atom stereocenters. The molecule has 0 saturated heterocycles. The second-order valence-electron chi connectivity index (χ2n) is 8.41. The Morgan fingerprint density at radius 3 is 1.63 bits per heavy atom. The SMILES string of the molecule is C.CC(=O)c1cc(N)ccc1O.CC(O)c1cc(N)ccc1O.CCCC(=O)Nc1ccc(O)c(C(C)=O)c1.CO. The summed E-state index contributed by atoms with van der Waals surface area (Å²) in [6.45, 7) is 6.24. The van der Waals surface area contributed by atoms with Crippen molar-refractivity contribution in [1.29, 1.82) is 0 Å². The van der Waals surface area contributed by atoms with E-state index in [-0.39, 0.29) is 53.3 Å². The Kier molecular flexibility index (Phi) is 18.3. The topological polar surface area (TPSA) is 216 Å². The van der Waals surface area contributed by atoms with Crippen molar-refractivity contribution in [2.24, 2.45) is 0 Å². The molecule has 0 aromatic heterocycles. The van der Waals surface area contributed by atoms with E-state index in [1.165, 1.54) is 44.2 Å². The maximum Gasteiger partial charge on any atom is 0.224 e. The van der Waals surface area contributed by atoms with Crippen LogP contribution < -0.4 is 16.8 Å². The molecule has 11 heteroatoms. The highest BCUT2D eigenvalue weighted by molar-refractivity contribution is 5.99. The van der Waals surface area contributed by atoms with Gasteiger partial charge < -0.3 is 42.3 Å². The Morgan fingerprint density at radius 2 is 1.22 bits per heavy atom. The minimum absolute atomic E-state index is 0. The maximum absolute atomic E-state index is 11.3. The molecule has 0 heterocycles. The summed E-state index contributed by atoms with van der Waals surface area (Å²) in [6.07, 6.45) is 0.526. The number of nitrogens with two attached hydrogens (primary N) is 2. The van der Waals surface area contributed by atoms with Crippen molar-refractivity contribution < 1.29 is 39.9 Å². The van der Waals surface area contributed by atoms with Crippen molar-refractivity contribution >= 4 is 34.5 Å². The number of rotatable bonds is 6. The van der Waals surface area contributed by atoms with E-state index in [2.05, 4.69) is 5.32 Å². The summed E-state index contributed by atoms with van der Waals surface area (Å²) in [4.78, 5) is 33.3. The first-order chi connectivity index (χ1) is 18.8. The van der Waals surface area contributed by atoms with Crippen LogP contribution in [0.5, 0.6) is 17.2 Å². The van der Waals surface area contributed by atoms with Crippen LogP contribution in [0.4, 0.5) is 17.1 Å². The number of hydrogen-bond acceptors (Lipinski definition) is 10. The van der Waals surface area contributed by atoms with Gasteiger partial charge in [-0.3, -0.25) is 14.4 Å². The molecule has 11 nitrogen and oxygen atoms in total. The normalized spacial score (nSPS) is 10.0. The van der Waals surface area contributed by atoms with Crippen LogP contribution in [0.1, 0.15) is 80.3 Å². The van der Waals surface area contributed by atoms with E-state index < -0.39 is 6.10 Å². The molecule has 0 aliphatic carbocycles. The first kappa shape index (κ1) is 38.5. The Balaban J connectivity index is 0. The van der Waals surface area contributed by atoms with Gasteiger partial charge in [0.25, 0.3) is 0 Å². The average Bonchev–Trinajstić information content (AvgIpc) is 2.89. The fourth-order valence-electron chi connectivity index (χ4n) is 3.09. The van der Waals surface area contributed by atoms with Crippen LogP contribution in [0.25, 0.3) is 0 Å². The standard InChI is InChI=1S/C12H15NO3.C8H11NO2.C8H9NO2.CH4O.CH4/c1-3-4-12(16)13-9-5-6-11(15)10(7-9)8(2)14;2*1-5(10)7-4-6(9)2-3-8(7)11;1-2;/h5-7,15H,3-4H2,1-2H3,(H,13,16);2-5,10-11H,9H2,1H3;2-4,11H,9H2,1H3;2H,1H3;1H4. The number of carbonyl (C=O) groups excluding carboxylic acids is 3. The van der Waals surface area contributed by atoms with Gasteiger partial charge >= 0.3 is 0 Å². The smallest absolute Gasteiger partial charge is 0.224 e. The zero-order valence-corrected chi connectivity index (χ0v) is 23.3. The number of hydrogen-bond donors (Lipinski definition) is 8. The highest BCUT2D eigenvalue weighted by Crippen LogP contribution is 2.25. The number of aromatic hydroxyl groups is 3. The maximum atomic E-state index is 11.3. The van der Waals surface area contributed by atoms with E-state index in [0.717, 1.165) is 13.5 Å². The number of aliphatic hydroxyl groups excluding tert-OH is 2. The number of amides is 1. The molecule has 0 radical (unpaired) electrons. The Morgan fingerprint density at radius 1 is 0.780 bits per heavy atom. The summed E-state index contributed by atoms with van der Waals surface area (Å²) in [5.41, 5.74) is 13.3. The molecular weight excluding hydrogens is 530 g/mol. The molecule has 226 valence electrons. The van der Waals surface area contributed by atoms with Crippen molar-refractivity contribution in [2.75, 3.05) is 23.9 Å². The molecule has 0 aliphatic heterocycles. The minimum Gasteiger partial charge on any atom is -0.508 e. The van der Waals surface area contributed by atoms with Gasteiger partial charge in [0, 0.05) is 36.2 Å². The summed E-state index contributed by atoms with van der Waals surface area (Å²) >= 11 is 0. The molecule has 0 aliphatic rings. The van der Waals surface area contributed by atoms with Crippen molar-refractivity contribution in [3.8, 4) is 17.2 Å². The summed E-state index contributed by atoms with van der Waals surface area (Å²) in [5, 5.41) is 46.5. The van der Waals surface area contributed by atoms with E-state index in [1.54, 1.807) is 31.2 Å². The molecule has 0 bridgehead atoms. The monoisotopic (exact) mass is 573 g/mol. The second kappa shape index (κ2) is 19.4. The summed E-state index contributed by atoms with van der Waals surface area (Å²) in [6, 6.07) is 13.5. The number of ketones is 2. The zero-order chi connectivity index (χ0) is 31.0. The lowest BCUT2D eigenvalue weighted by Crippen LogP contribution is -2.11. The first-order valence-corrected chi connectivity index (χ1v) is 12.2. The van der Waals surface area contributed by atoms with Gasteiger partial charge in [0.15, 0.2) is 11.6 Å². The molecule has 1 atom stereocenters. The van der Waals surface area contributed by atoms with Crippen LogP contribution in [0.2, 0.25) is 0 Å². The lowest BCUT2D eigenvalue weighted by Gasteiger charge is -2.07. The van der Waals surface area contributed by atoms with Crippen LogP contribution in [0.3, 0.4) is 0 Å². The number of phenolic OH excluding ortho intramolecular Hbond substituents is 3. The minimum atomic E-state index is -0.682. The molecule has 0 saturated carbocycles. The third-order valence-electron chi connectivity index (χ3n) is 5.04. The number of anilines is 3. The Hall–Kier alpha value is -4.61. The van der Waals surface area contributed by atoms with Gasteiger partial charge in [0.1, 0.15) is 17.2 Å². The lowest BCUT2D eigenvalue weighted by atomic mass is 10.1. The number of benzene rings is 3. The van der Waals surface area contributed by atoms with Crippen LogP contribution >= 0.6 is 0 Å². The third-order valence-corrected chi connectivity index (χ3v) is 5.04. The Bertz CT molecular complexity index is 1280. The molecule has 10 N–H and O–H groups in total. The van der Waals surface area contributed by atoms with Crippen molar-refractivity contribution in [2.45, 2.75) is 54.1 Å². The van der Waals surface area contributed by atoms with Crippen LogP contribution in [0.15, 0.2) is 54.6 Å². The molecule has 3 aromatic rings. The second-order valence-corrected chi connectivity index (χ2v) is 8.41. The zero-order valence-electron chi connectivity index (χ0n) is 23.3. The van der Waals surface area contributed by atoms with E-state index >= 15 is 0 Å². The largest absolute Gasteiger partial charge is 0.508 e. The van der Waals surface area contributed by atoms with E-state index in [4.69, 9.17) is 26.8 Å². The van der Waals surface area contributed by atoms with Gasteiger partial charge in [-0.05, 0) is 81.8 Å². The first-order valence-electron chi connectivity index (χ1n) is 12.2. The third kappa shape index (κ3) is 13.8. The van der Waals surface area contributed by atoms with Gasteiger partial charge in [0.05, 0.1) is 17.2 Å². The molecular formula is C30H43N3O8. The van der Waals surface area contributed by atoms with Gasteiger partial charge in [-0.25, -0.2) is 0 Å². The van der Waals surface area contributed by atoms with Gasteiger partial charge in [0.2, 0.25) is 5.91 Å². The van der Waals surface area contributed by atoms with Gasteiger partial charge in [-0.1, -0.05) is 14.4 Å². The Labute approximate surface area is 241 Å². The van der Waals surface area contributed by atoms with Crippen molar-refractivity contribution in [1.82, 2.24) is 0 Å². The van der Waals surface area contributed by atoms with Crippen molar-refractivity contribution in [3.63, 3.8) is 0 Å². The molecule has 0 spiro atoms. The number of aliphatic hydroxyl groups is 2. The summed E-state index contributed by atoms with van der Waals surface area (Å²) < 4.78 is 0. The quantitative estimate of drug-likeness (QED) is 0.115. The fourth-order valence-corrected chi connectivity index (χ4v) is 3.09. The number of nitrogen functional groups attached to an aromatic ring is 2. The van der Waals surface area contributed by atoms with Crippen LogP contribution in [0, 0.1) is 0 Å². The highest BCUT2D eigenvalue weighted by Gasteiger charge is 2.09. The van der Waals surface area contributed by atoms with Crippen LogP contribution in [-0.2, 0) is 4.79 Å². The highest BCUT2D eigenvalue weighted by atomic mass is 16.3. The number of phenols is 3. The summed E-state index contributed by atoms with van der Waals surface area (Å²) in [7, 11) is 1.00. The van der Waals surface area contributed by atoms with Crippen molar-refractivity contribution in [3.05, 3.63) is 71.3 Å². The van der Waals surface area contributed by atoms with Gasteiger partial charge in [-0.2, -0.15) is 0 Å². The number of nitrogens with one attached hydrogen (secondary N) is 1. The molecule has 3 aromatic carbocycles. The van der Waals surface area contributed by atoms with Gasteiger partial charge in [-0.15, -0.1) is 0 Å².